The SMILES string of the molecule is CC(C)(C)c1ccc2c(c1)B1c3cc(C(C)(C)C)ccc3Oc3c(-c4cccc([Si](c5ccccc5)(c5ccccc5)c5ccccc5)c4)ccc(c31)O2. The first-order valence-corrected chi connectivity index (χ1v) is 21.1. The molecule has 2 aliphatic rings. The summed E-state index contributed by atoms with van der Waals surface area (Å²) in [6, 6.07) is 60.5. The van der Waals surface area contributed by atoms with Crippen molar-refractivity contribution in [2.75, 3.05) is 0 Å². The molecule has 0 fully saturated rings. The summed E-state index contributed by atoms with van der Waals surface area (Å²) in [5.74, 6) is 3.56. The highest BCUT2D eigenvalue weighted by molar-refractivity contribution is 7.20. The van der Waals surface area contributed by atoms with Crippen LogP contribution in [0.1, 0.15) is 52.7 Å². The predicted octanol–water partition coefficient (Wildman–Crippen LogP) is 8.05. The number of hydrogen-bond acceptors (Lipinski definition) is 2. The predicted molar refractivity (Wildman–Crippen MR) is 231 cm³/mol. The van der Waals surface area contributed by atoms with E-state index in [9.17, 15) is 0 Å². The zero-order chi connectivity index (χ0) is 37.2. The van der Waals surface area contributed by atoms with Gasteiger partial charge in [0, 0.05) is 11.0 Å². The highest BCUT2D eigenvalue weighted by Crippen LogP contribution is 2.42. The summed E-state index contributed by atoms with van der Waals surface area (Å²) < 4.78 is 13.9. The molecule has 0 amide bonds. The number of ether oxygens (including phenoxy) is 2. The first kappa shape index (κ1) is 34.2. The maximum atomic E-state index is 7.10. The lowest BCUT2D eigenvalue weighted by Gasteiger charge is -2.36. The van der Waals surface area contributed by atoms with Gasteiger partial charge in [-0.2, -0.15) is 0 Å². The largest absolute Gasteiger partial charge is 0.458 e. The third-order valence-electron chi connectivity index (χ3n) is 11.5. The molecule has 0 bridgehead atoms. The van der Waals surface area contributed by atoms with Crippen LogP contribution in [0.15, 0.2) is 164 Å². The van der Waals surface area contributed by atoms with Crippen LogP contribution in [0.5, 0.6) is 23.0 Å². The summed E-state index contributed by atoms with van der Waals surface area (Å²) in [5.41, 5.74) is 8.28. The van der Waals surface area contributed by atoms with Crippen molar-refractivity contribution >= 4 is 51.9 Å². The van der Waals surface area contributed by atoms with Gasteiger partial charge in [0.1, 0.15) is 23.0 Å². The quantitative estimate of drug-likeness (QED) is 0.133. The summed E-state index contributed by atoms with van der Waals surface area (Å²) in [6.45, 7) is 13.7. The second kappa shape index (κ2) is 12.8. The molecule has 264 valence electrons. The van der Waals surface area contributed by atoms with E-state index in [0.717, 1.165) is 39.6 Å². The fraction of sp³-hybridized carbons (Fsp3) is 0.160. The van der Waals surface area contributed by atoms with Gasteiger partial charge in [0.15, 0.2) is 8.07 Å². The molecule has 7 aromatic carbocycles. The number of hydrogen-bond donors (Lipinski definition) is 0. The fourth-order valence-corrected chi connectivity index (χ4v) is 13.4. The van der Waals surface area contributed by atoms with Crippen LogP contribution in [-0.4, -0.2) is 14.8 Å². The Labute approximate surface area is 321 Å². The van der Waals surface area contributed by atoms with Crippen LogP contribution < -0.4 is 46.6 Å². The zero-order valence-electron chi connectivity index (χ0n) is 32.0. The molecule has 0 radical (unpaired) electrons. The van der Waals surface area contributed by atoms with Crippen molar-refractivity contribution < 1.29 is 9.47 Å². The molecular formula is C50H45BO2Si. The van der Waals surface area contributed by atoms with Gasteiger partial charge in [-0.25, -0.2) is 0 Å². The Bertz CT molecular complexity index is 2390. The Hall–Kier alpha value is -5.58. The lowest BCUT2D eigenvalue weighted by molar-refractivity contribution is 0.464. The lowest BCUT2D eigenvalue weighted by atomic mass is 9.34. The molecule has 0 saturated carbocycles. The van der Waals surface area contributed by atoms with Crippen molar-refractivity contribution in [3.05, 3.63) is 175 Å². The number of benzene rings is 7. The highest BCUT2D eigenvalue weighted by Gasteiger charge is 2.44. The molecule has 2 heterocycles. The normalized spacial score (nSPS) is 13.3. The van der Waals surface area contributed by atoms with Crippen molar-refractivity contribution in [1.82, 2.24) is 0 Å². The van der Waals surface area contributed by atoms with Crippen LogP contribution in [-0.2, 0) is 10.8 Å². The van der Waals surface area contributed by atoms with Gasteiger partial charge in [0.25, 0.3) is 6.71 Å². The first-order valence-electron chi connectivity index (χ1n) is 19.1. The van der Waals surface area contributed by atoms with Crippen molar-refractivity contribution in [2.45, 2.75) is 52.4 Å². The van der Waals surface area contributed by atoms with E-state index in [1.165, 1.54) is 42.8 Å². The van der Waals surface area contributed by atoms with Crippen molar-refractivity contribution in [3.63, 3.8) is 0 Å². The Kier molecular flexibility index (Phi) is 8.10. The van der Waals surface area contributed by atoms with Gasteiger partial charge in [0.2, 0.25) is 0 Å². The Morgan fingerprint density at radius 2 is 0.889 bits per heavy atom. The molecule has 54 heavy (non-hydrogen) atoms. The van der Waals surface area contributed by atoms with Gasteiger partial charge in [-0.05, 0) is 83.5 Å². The minimum Gasteiger partial charge on any atom is -0.458 e. The molecular weight excluding hydrogens is 671 g/mol. The number of rotatable bonds is 5. The van der Waals surface area contributed by atoms with E-state index in [0.29, 0.717) is 0 Å². The minimum absolute atomic E-state index is 0.00563. The zero-order valence-corrected chi connectivity index (χ0v) is 33.0. The van der Waals surface area contributed by atoms with Crippen molar-refractivity contribution in [3.8, 4) is 34.1 Å². The lowest BCUT2D eigenvalue weighted by Crippen LogP contribution is -2.74. The molecule has 0 N–H and O–H groups in total. The van der Waals surface area contributed by atoms with E-state index in [-0.39, 0.29) is 17.5 Å². The Balaban J connectivity index is 1.29. The minimum atomic E-state index is -2.74. The van der Waals surface area contributed by atoms with Gasteiger partial charge < -0.3 is 9.47 Å². The van der Waals surface area contributed by atoms with Crippen LogP contribution in [0.2, 0.25) is 0 Å². The van der Waals surface area contributed by atoms with E-state index < -0.39 is 8.07 Å². The van der Waals surface area contributed by atoms with Gasteiger partial charge in [0.05, 0.1) is 0 Å². The Morgan fingerprint density at radius 3 is 1.39 bits per heavy atom. The maximum absolute atomic E-state index is 7.10. The van der Waals surface area contributed by atoms with Gasteiger partial charge in [-0.1, -0.05) is 181 Å². The highest BCUT2D eigenvalue weighted by atomic mass is 28.3. The second-order valence-corrected chi connectivity index (χ2v) is 20.7. The Morgan fingerprint density at radius 1 is 0.426 bits per heavy atom. The van der Waals surface area contributed by atoms with Gasteiger partial charge in [-0.3, -0.25) is 0 Å². The number of fused-ring (bicyclic) bond motifs is 4. The van der Waals surface area contributed by atoms with E-state index in [2.05, 4.69) is 205 Å². The maximum Gasteiger partial charge on any atom is 0.260 e. The summed E-state index contributed by atoms with van der Waals surface area (Å²) >= 11 is 0. The topological polar surface area (TPSA) is 18.5 Å². The van der Waals surface area contributed by atoms with Crippen LogP contribution in [0, 0.1) is 0 Å². The molecule has 9 rings (SSSR count). The van der Waals surface area contributed by atoms with E-state index in [1.807, 2.05) is 0 Å². The molecule has 0 unspecified atom stereocenters. The monoisotopic (exact) mass is 716 g/mol. The summed E-state index contributed by atoms with van der Waals surface area (Å²) in [4.78, 5) is 0. The standard InChI is InChI=1S/C50H45BO2Si/c1-49(2,3)35-25-28-44-42(32-35)51-43-33-36(50(4,5)6)26-29-45(43)53-48-41(27-30-46(52-44)47(48)51)34-17-16-24-40(31-34)54(37-18-10-7-11-19-37,38-20-12-8-13-21-38)39-22-14-9-15-23-39/h7-33H,1-6H3. The molecule has 0 aliphatic carbocycles. The first-order chi connectivity index (χ1) is 26.0. The summed E-state index contributed by atoms with van der Waals surface area (Å²) in [5, 5.41) is 5.38. The molecule has 2 nitrogen and oxygen atoms in total. The van der Waals surface area contributed by atoms with Crippen molar-refractivity contribution in [2.24, 2.45) is 0 Å². The molecule has 0 spiro atoms. The van der Waals surface area contributed by atoms with Crippen LogP contribution in [0.25, 0.3) is 11.1 Å². The third-order valence-corrected chi connectivity index (χ3v) is 16.3. The smallest absolute Gasteiger partial charge is 0.260 e. The molecule has 0 aromatic heterocycles. The van der Waals surface area contributed by atoms with Crippen LogP contribution in [0.3, 0.4) is 0 Å². The molecule has 0 saturated heterocycles. The van der Waals surface area contributed by atoms with Crippen LogP contribution >= 0.6 is 0 Å². The fourth-order valence-electron chi connectivity index (χ4n) is 8.64. The molecule has 4 heteroatoms. The molecule has 0 atom stereocenters. The molecule has 2 aliphatic heterocycles. The second-order valence-electron chi connectivity index (χ2n) is 16.9. The van der Waals surface area contributed by atoms with E-state index >= 15 is 0 Å². The van der Waals surface area contributed by atoms with Crippen molar-refractivity contribution in [1.29, 1.82) is 0 Å². The van der Waals surface area contributed by atoms with E-state index in [4.69, 9.17) is 9.47 Å². The van der Waals surface area contributed by atoms with Crippen LogP contribution in [0.4, 0.5) is 0 Å². The van der Waals surface area contributed by atoms with E-state index in [1.54, 1.807) is 0 Å². The molecule has 7 aromatic rings. The average Bonchev–Trinajstić information content (AvgIpc) is 3.18. The summed E-state index contributed by atoms with van der Waals surface area (Å²) in [7, 11) is -2.74. The van der Waals surface area contributed by atoms with Gasteiger partial charge >= 0.3 is 0 Å². The van der Waals surface area contributed by atoms with Gasteiger partial charge in [-0.15, -0.1) is 0 Å². The third kappa shape index (κ3) is 5.55. The average molecular weight is 717 g/mol. The summed E-state index contributed by atoms with van der Waals surface area (Å²) in [6.07, 6.45) is 0.